The standard InChI is InChI=1S/C17H19FN4O3S2/c18-13-3-1-2-4-14(13)27(24,25)22-9-7-11(8-10-22)15(23)19-17-21-20-16(26-17)12-5-6-12/h1-4,11-12H,5-10H2,(H,19,21,23). The third-order valence-electron chi connectivity index (χ3n) is 4.88. The maximum Gasteiger partial charge on any atom is 0.245 e. The van der Waals surface area contributed by atoms with Crippen LogP contribution in [-0.4, -0.2) is 41.9 Å². The molecule has 0 atom stereocenters. The average Bonchev–Trinajstić information content (AvgIpc) is 3.41. The molecule has 0 unspecified atom stereocenters. The molecule has 1 aliphatic heterocycles. The van der Waals surface area contributed by atoms with Crippen molar-refractivity contribution < 1.29 is 17.6 Å². The predicted molar refractivity (Wildman–Crippen MR) is 98.4 cm³/mol. The summed E-state index contributed by atoms with van der Waals surface area (Å²) in [5.41, 5.74) is 0. The molecule has 2 heterocycles. The van der Waals surface area contributed by atoms with Gasteiger partial charge in [-0.05, 0) is 37.8 Å². The van der Waals surface area contributed by atoms with Crippen LogP contribution in [0.25, 0.3) is 0 Å². The Morgan fingerprint density at radius 2 is 1.85 bits per heavy atom. The summed E-state index contributed by atoms with van der Waals surface area (Å²) in [5, 5.41) is 12.3. The molecular formula is C17H19FN4O3S2. The summed E-state index contributed by atoms with van der Waals surface area (Å²) in [6, 6.07) is 5.34. The Hall–Kier alpha value is -1.91. The molecule has 1 saturated carbocycles. The largest absolute Gasteiger partial charge is 0.300 e. The maximum absolute atomic E-state index is 13.9. The Morgan fingerprint density at radius 1 is 1.15 bits per heavy atom. The summed E-state index contributed by atoms with van der Waals surface area (Å²) in [6.45, 7) is 0.358. The van der Waals surface area contributed by atoms with Gasteiger partial charge >= 0.3 is 0 Å². The van der Waals surface area contributed by atoms with Crippen LogP contribution in [0.4, 0.5) is 9.52 Å². The number of hydrogen-bond donors (Lipinski definition) is 1. The van der Waals surface area contributed by atoms with Gasteiger partial charge in [0.2, 0.25) is 21.1 Å². The number of halogens is 1. The SMILES string of the molecule is O=C(Nc1nnc(C2CC2)s1)C1CCN(S(=O)(=O)c2ccccc2F)CC1. The topological polar surface area (TPSA) is 92.3 Å². The first kappa shape index (κ1) is 18.5. The number of anilines is 1. The molecular weight excluding hydrogens is 391 g/mol. The molecule has 1 aromatic carbocycles. The Bertz CT molecular complexity index is 951. The van der Waals surface area contributed by atoms with Gasteiger partial charge in [-0.1, -0.05) is 23.5 Å². The average molecular weight is 410 g/mol. The number of sulfonamides is 1. The Balaban J connectivity index is 1.36. The number of piperidine rings is 1. The molecule has 1 saturated heterocycles. The highest BCUT2D eigenvalue weighted by Gasteiger charge is 2.34. The number of nitrogens with zero attached hydrogens (tertiary/aromatic N) is 3. The lowest BCUT2D eigenvalue weighted by molar-refractivity contribution is -0.120. The number of hydrogen-bond acceptors (Lipinski definition) is 6. The highest BCUT2D eigenvalue weighted by atomic mass is 32.2. The highest BCUT2D eigenvalue weighted by Crippen LogP contribution is 2.42. The third kappa shape index (κ3) is 3.87. The van der Waals surface area contributed by atoms with Gasteiger partial charge in [0.15, 0.2) is 0 Å². The molecule has 1 aliphatic carbocycles. The van der Waals surface area contributed by atoms with Gasteiger partial charge in [0.25, 0.3) is 0 Å². The van der Waals surface area contributed by atoms with E-state index in [9.17, 15) is 17.6 Å². The second-order valence-corrected chi connectivity index (χ2v) is 9.73. The minimum absolute atomic E-state index is 0.170. The fourth-order valence-electron chi connectivity index (χ4n) is 3.14. The quantitative estimate of drug-likeness (QED) is 0.818. The lowest BCUT2D eigenvalue weighted by atomic mass is 9.97. The molecule has 2 aromatic rings. The zero-order valence-electron chi connectivity index (χ0n) is 14.5. The fraction of sp³-hybridized carbons (Fsp3) is 0.471. The van der Waals surface area contributed by atoms with Crippen molar-refractivity contribution in [3.63, 3.8) is 0 Å². The van der Waals surface area contributed by atoms with Gasteiger partial charge < -0.3 is 5.32 Å². The lowest BCUT2D eigenvalue weighted by Gasteiger charge is -2.30. The molecule has 2 aliphatic rings. The minimum atomic E-state index is -3.89. The van der Waals surface area contributed by atoms with E-state index in [4.69, 9.17) is 0 Å². The summed E-state index contributed by atoms with van der Waals surface area (Å²) in [4.78, 5) is 12.1. The number of carbonyl (C=O) groups excluding carboxylic acids is 1. The second-order valence-electron chi connectivity index (χ2n) is 6.82. The van der Waals surface area contributed by atoms with E-state index in [-0.39, 0.29) is 29.8 Å². The Morgan fingerprint density at radius 3 is 2.52 bits per heavy atom. The third-order valence-corrected chi connectivity index (χ3v) is 7.81. The summed E-state index contributed by atoms with van der Waals surface area (Å²) in [7, 11) is -3.89. The van der Waals surface area contributed by atoms with Crippen LogP contribution < -0.4 is 5.32 Å². The van der Waals surface area contributed by atoms with Crippen LogP contribution in [-0.2, 0) is 14.8 Å². The highest BCUT2D eigenvalue weighted by molar-refractivity contribution is 7.89. The number of nitrogens with one attached hydrogen (secondary N) is 1. The van der Waals surface area contributed by atoms with Crippen molar-refractivity contribution >= 4 is 32.4 Å². The summed E-state index contributed by atoms with van der Waals surface area (Å²) in [6.07, 6.45) is 3.01. The summed E-state index contributed by atoms with van der Waals surface area (Å²) < 4.78 is 40.3. The molecule has 1 amide bonds. The van der Waals surface area contributed by atoms with Gasteiger partial charge in [-0.3, -0.25) is 4.79 Å². The van der Waals surface area contributed by atoms with E-state index >= 15 is 0 Å². The molecule has 7 nitrogen and oxygen atoms in total. The number of amides is 1. The van der Waals surface area contributed by atoms with Crippen LogP contribution in [0.1, 0.15) is 36.6 Å². The molecule has 0 radical (unpaired) electrons. The van der Waals surface area contributed by atoms with Crippen molar-refractivity contribution in [3.8, 4) is 0 Å². The van der Waals surface area contributed by atoms with E-state index in [2.05, 4.69) is 15.5 Å². The van der Waals surface area contributed by atoms with Crippen LogP contribution in [0.3, 0.4) is 0 Å². The number of benzene rings is 1. The first-order valence-corrected chi connectivity index (χ1v) is 11.1. The van der Waals surface area contributed by atoms with Crippen LogP contribution in [0.15, 0.2) is 29.2 Å². The van der Waals surface area contributed by atoms with Crippen molar-refractivity contribution in [2.24, 2.45) is 5.92 Å². The molecule has 4 rings (SSSR count). The monoisotopic (exact) mass is 410 g/mol. The van der Waals surface area contributed by atoms with Gasteiger partial charge in [0, 0.05) is 24.9 Å². The molecule has 27 heavy (non-hydrogen) atoms. The first-order valence-electron chi connectivity index (χ1n) is 8.84. The smallest absolute Gasteiger partial charge is 0.245 e. The zero-order chi connectivity index (χ0) is 19.0. The number of rotatable bonds is 5. The number of aromatic nitrogens is 2. The molecule has 10 heteroatoms. The molecule has 2 fully saturated rings. The van der Waals surface area contributed by atoms with Gasteiger partial charge in [0.05, 0.1) is 0 Å². The first-order chi connectivity index (χ1) is 12.9. The molecule has 144 valence electrons. The summed E-state index contributed by atoms with van der Waals surface area (Å²) in [5.74, 6) is -0.748. The van der Waals surface area contributed by atoms with Crippen molar-refractivity contribution in [2.75, 3.05) is 18.4 Å². The normalized spacial score (nSPS) is 19.1. The van der Waals surface area contributed by atoms with E-state index in [0.717, 1.165) is 23.9 Å². The van der Waals surface area contributed by atoms with E-state index in [1.807, 2.05) is 0 Å². The summed E-state index contributed by atoms with van der Waals surface area (Å²) >= 11 is 1.40. The van der Waals surface area contributed by atoms with Crippen molar-refractivity contribution in [1.29, 1.82) is 0 Å². The molecule has 0 spiro atoms. The van der Waals surface area contributed by atoms with Crippen LogP contribution in [0.5, 0.6) is 0 Å². The van der Waals surface area contributed by atoms with E-state index < -0.39 is 15.8 Å². The maximum atomic E-state index is 13.9. The van der Waals surface area contributed by atoms with Gasteiger partial charge in [-0.15, -0.1) is 10.2 Å². The van der Waals surface area contributed by atoms with Gasteiger partial charge in [-0.2, -0.15) is 4.31 Å². The van der Waals surface area contributed by atoms with Gasteiger partial charge in [-0.25, -0.2) is 12.8 Å². The molecule has 1 aromatic heterocycles. The van der Waals surface area contributed by atoms with E-state index in [1.165, 1.54) is 33.8 Å². The van der Waals surface area contributed by atoms with Gasteiger partial charge in [0.1, 0.15) is 15.7 Å². The zero-order valence-corrected chi connectivity index (χ0v) is 16.1. The second kappa shape index (κ2) is 7.25. The minimum Gasteiger partial charge on any atom is -0.300 e. The van der Waals surface area contributed by atoms with Crippen LogP contribution in [0.2, 0.25) is 0 Å². The van der Waals surface area contributed by atoms with Crippen molar-refractivity contribution in [2.45, 2.75) is 36.5 Å². The van der Waals surface area contributed by atoms with E-state index in [1.54, 1.807) is 0 Å². The molecule has 0 bridgehead atoms. The fourth-order valence-corrected chi connectivity index (χ4v) is 5.59. The Kier molecular flexibility index (Phi) is 4.95. The number of carbonyl (C=O) groups is 1. The lowest BCUT2D eigenvalue weighted by Crippen LogP contribution is -2.41. The van der Waals surface area contributed by atoms with Crippen LogP contribution >= 0.6 is 11.3 Å². The van der Waals surface area contributed by atoms with Crippen LogP contribution in [0, 0.1) is 11.7 Å². The van der Waals surface area contributed by atoms with Crippen molar-refractivity contribution in [3.05, 3.63) is 35.1 Å². The predicted octanol–water partition coefficient (Wildman–Crippen LogP) is 2.59. The van der Waals surface area contributed by atoms with Crippen molar-refractivity contribution in [1.82, 2.24) is 14.5 Å². The Labute approximate surface area is 160 Å². The van der Waals surface area contributed by atoms with E-state index in [0.29, 0.717) is 23.9 Å². The molecule has 1 N–H and O–H groups in total.